The molecule has 0 saturated carbocycles. The fourth-order valence-corrected chi connectivity index (χ4v) is 4.45. The summed E-state index contributed by atoms with van der Waals surface area (Å²) in [5.74, 6) is 0. The van der Waals surface area contributed by atoms with E-state index >= 15 is 0 Å². The van der Waals surface area contributed by atoms with Crippen molar-refractivity contribution in [3.63, 3.8) is 0 Å². The molecule has 0 bridgehead atoms. The minimum Gasteiger partial charge on any atom is -1.00 e. The van der Waals surface area contributed by atoms with Crippen molar-refractivity contribution in [2.45, 2.75) is 26.7 Å². The Balaban J connectivity index is 0.000000224. The van der Waals surface area contributed by atoms with Crippen LogP contribution in [0.3, 0.4) is 0 Å². The van der Waals surface area contributed by atoms with Gasteiger partial charge in [0.15, 0.2) is 0 Å². The van der Waals surface area contributed by atoms with E-state index in [1.165, 1.54) is 47.8 Å². The minimum atomic E-state index is 0. The zero-order valence-corrected chi connectivity index (χ0v) is 25.8. The smallest absolute Gasteiger partial charge is 1.00 e. The number of rotatable bonds is 2. The summed E-state index contributed by atoms with van der Waals surface area (Å²) in [6.07, 6.45) is 28.5. The molecule has 0 fully saturated rings. The summed E-state index contributed by atoms with van der Waals surface area (Å²) in [7, 11) is 0. The summed E-state index contributed by atoms with van der Waals surface area (Å²) in [6.45, 7) is 4.25. The van der Waals surface area contributed by atoms with E-state index in [1.54, 1.807) is 24.2 Å². The normalized spacial score (nSPS) is 15.8. The maximum Gasteiger partial charge on any atom is -1.00 e. The van der Waals surface area contributed by atoms with E-state index in [4.69, 9.17) is 0 Å². The van der Waals surface area contributed by atoms with Gasteiger partial charge in [-0.3, -0.25) is 0 Å². The molecule has 0 aliphatic heterocycles. The molecular formula is C35H32Cl2Zr-2. The Kier molecular flexibility index (Phi) is 13.7. The number of hydrogen-bond acceptors (Lipinski definition) is 0. The molecular weight excluding hydrogens is 583 g/mol. The Morgan fingerprint density at radius 2 is 0.895 bits per heavy atom. The molecule has 192 valence electrons. The van der Waals surface area contributed by atoms with Crippen LogP contribution in [0, 0.1) is 12.8 Å². The number of allylic oxidation sites excluding steroid dienone is 16. The first-order chi connectivity index (χ1) is 17.6. The van der Waals surface area contributed by atoms with Crippen molar-refractivity contribution >= 4 is 14.4 Å². The number of fused-ring (bicyclic) bond motifs is 2. The third kappa shape index (κ3) is 8.74. The monoisotopic (exact) mass is 612 g/mol. The van der Waals surface area contributed by atoms with Gasteiger partial charge >= 0.3 is 41.3 Å². The topological polar surface area (TPSA) is 0 Å². The molecule has 2 aromatic rings. The van der Waals surface area contributed by atoms with Crippen molar-refractivity contribution in [2.24, 2.45) is 0 Å². The Labute approximate surface area is 256 Å². The van der Waals surface area contributed by atoms with Gasteiger partial charge < -0.3 is 24.8 Å². The Morgan fingerprint density at radius 1 is 0.553 bits per heavy atom. The third-order valence-corrected chi connectivity index (χ3v) is 5.99. The van der Waals surface area contributed by atoms with Gasteiger partial charge in [0, 0.05) is 0 Å². The second kappa shape index (κ2) is 16.4. The van der Waals surface area contributed by atoms with Crippen LogP contribution in [0.5, 0.6) is 0 Å². The Hall–Kier alpha value is -2.57. The first-order valence-electron chi connectivity index (χ1n) is 12.5. The van der Waals surface area contributed by atoms with Gasteiger partial charge in [0.05, 0.1) is 0 Å². The van der Waals surface area contributed by atoms with E-state index in [0.717, 1.165) is 12.8 Å². The van der Waals surface area contributed by atoms with E-state index < -0.39 is 0 Å². The minimum absolute atomic E-state index is 0. The van der Waals surface area contributed by atoms with Gasteiger partial charge in [-0.15, -0.1) is 35.5 Å². The van der Waals surface area contributed by atoms with E-state index in [-0.39, 0.29) is 24.8 Å². The predicted octanol–water partition coefficient (Wildman–Crippen LogP) is 2.95. The molecule has 0 heterocycles. The number of hydrogen-bond donors (Lipinski definition) is 0. The standard InChI is InChI=1S/2C16H13.C3H6.2ClH.Zr/c2*1-2-7-13(8-3-1)15-11-5-4-9-14-10-6-12-16(14)15;1-3-2;;;/h2*1-5,7-12H,6H2;1-2H3;2*1H;/q2*-1;;;;+2/p-2. The molecule has 4 aliphatic rings. The quantitative estimate of drug-likeness (QED) is 0.457. The molecule has 0 saturated heterocycles. The van der Waals surface area contributed by atoms with Crippen molar-refractivity contribution in [2.75, 3.05) is 0 Å². The first kappa shape index (κ1) is 31.6. The first-order valence-corrected chi connectivity index (χ1v) is 13.7. The summed E-state index contributed by atoms with van der Waals surface area (Å²) >= 11 is 1.55. The fourth-order valence-electron chi connectivity index (χ4n) is 4.45. The predicted molar refractivity (Wildman–Crippen MR) is 154 cm³/mol. The van der Waals surface area contributed by atoms with Crippen molar-refractivity contribution in [1.82, 2.24) is 0 Å². The van der Waals surface area contributed by atoms with Crippen molar-refractivity contribution in [3.05, 3.63) is 168 Å². The van der Waals surface area contributed by atoms with Crippen LogP contribution in [0.2, 0.25) is 0 Å². The molecule has 0 radical (unpaired) electrons. The molecule has 0 aromatic heterocycles. The van der Waals surface area contributed by atoms with Crippen LogP contribution in [-0.2, 0) is 24.2 Å². The van der Waals surface area contributed by atoms with Crippen molar-refractivity contribution in [1.29, 1.82) is 0 Å². The summed E-state index contributed by atoms with van der Waals surface area (Å²) in [6, 6.07) is 21.2. The molecule has 0 spiro atoms. The zero-order chi connectivity index (χ0) is 25.2. The van der Waals surface area contributed by atoms with Crippen molar-refractivity contribution < 1.29 is 49.0 Å². The summed E-state index contributed by atoms with van der Waals surface area (Å²) in [4.78, 5) is 0. The van der Waals surface area contributed by atoms with Crippen LogP contribution in [0.15, 0.2) is 144 Å². The van der Waals surface area contributed by atoms with Gasteiger partial charge in [-0.25, -0.2) is 0 Å². The molecule has 0 atom stereocenters. The second-order valence-corrected chi connectivity index (χ2v) is 11.5. The van der Waals surface area contributed by atoms with Crippen LogP contribution in [0.4, 0.5) is 0 Å². The van der Waals surface area contributed by atoms with Gasteiger partial charge in [0.25, 0.3) is 0 Å². The Bertz CT molecular complexity index is 1230. The molecule has 0 amide bonds. The SMILES string of the molecule is C1=CC=C(c2ccccc2)C2=CC[CH-]C2=C1.C1=CC=C(c2ccccc2)C2=CC[CH-]C2=C1.C[C](C)=[Zr+2].[Cl-].[Cl-]. The summed E-state index contributed by atoms with van der Waals surface area (Å²) in [5, 5.41) is 0. The van der Waals surface area contributed by atoms with Gasteiger partial charge in [0.1, 0.15) is 0 Å². The molecule has 0 N–H and O–H groups in total. The van der Waals surface area contributed by atoms with Crippen LogP contribution < -0.4 is 24.8 Å². The van der Waals surface area contributed by atoms with E-state index in [9.17, 15) is 0 Å². The summed E-state index contributed by atoms with van der Waals surface area (Å²) < 4.78 is 1.51. The van der Waals surface area contributed by atoms with Gasteiger partial charge in [-0.05, 0) is 11.1 Å². The molecule has 3 heteroatoms. The molecule has 0 nitrogen and oxygen atoms in total. The molecule has 2 aromatic carbocycles. The molecule has 4 aliphatic carbocycles. The van der Waals surface area contributed by atoms with E-state index in [2.05, 4.69) is 148 Å². The molecule has 0 unspecified atom stereocenters. The number of halogens is 2. The maximum atomic E-state index is 2.30. The van der Waals surface area contributed by atoms with Crippen LogP contribution >= 0.6 is 0 Å². The third-order valence-electron chi connectivity index (χ3n) is 5.99. The molecule has 38 heavy (non-hydrogen) atoms. The maximum absolute atomic E-state index is 2.30. The molecule has 6 rings (SSSR count). The van der Waals surface area contributed by atoms with Crippen LogP contribution in [-0.4, -0.2) is 3.21 Å². The van der Waals surface area contributed by atoms with Gasteiger partial charge in [-0.1, -0.05) is 109 Å². The van der Waals surface area contributed by atoms with E-state index in [0.29, 0.717) is 0 Å². The average molecular weight is 615 g/mol. The summed E-state index contributed by atoms with van der Waals surface area (Å²) in [5.41, 5.74) is 10.7. The number of benzene rings is 2. The second-order valence-electron chi connectivity index (χ2n) is 9.02. The van der Waals surface area contributed by atoms with Crippen molar-refractivity contribution in [3.8, 4) is 0 Å². The zero-order valence-electron chi connectivity index (χ0n) is 21.9. The fraction of sp³-hybridized carbons (Fsp3) is 0.114. The van der Waals surface area contributed by atoms with E-state index in [1.807, 2.05) is 0 Å². The average Bonchev–Trinajstić information content (AvgIpc) is 3.45. The Morgan fingerprint density at radius 3 is 1.26 bits per heavy atom. The van der Waals surface area contributed by atoms with Gasteiger partial charge in [-0.2, -0.15) is 36.1 Å². The van der Waals surface area contributed by atoms with Gasteiger partial charge in [0.2, 0.25) is 0 Å². The van der Waals surface area contributed by atoms with Crippen LogP contribution in [0.1, 0.15) is 37.8 Å². The largest absolute Gasteiger partial charge is 1.00 e. The van der Waals surface area contributed by atoms with Crippen LogP contribution in [0.25, 0.3) is 11.1 Å².